The van der Waals surface area contributed by atoms with Gasteiger partial charge in [0.05, 0.1) is 18.6 Å². The van der Waals surface area contributed by atoms with E-state index in [1.165, 1.54) is 16.7 Å². The Morgan fingerprint density at radius 3 is 2.40 bits per heavy atom. The van der Waals surface area contributed by atoms with Crippen molar-refractivity contribution >= 4 is 15.9 Å². The van der Waals surface area contributed by atoms with Gasteiger partial charge in [0.1, 0.15) is 0 Å². The summed E-state index contributed by atoms with van der Waals surface area (Å²) in [7, 11) is 0. The fraction of sp³-hybridized carbons (Fsp3) is 0.294. The first kappa shape index (κ1) is 13.8. The van der Waals surface area contributed by atoms with Gasteiger partial charge >= 0.3 is 0 Å². The molecule has 20 heavy (non-hydrogen) atoms. The van der Waals surface area contributed by atoms with E-state index >= 15 is 0 Å². The normalized spacial score (nSPS) is 16.8. The largest absolute Gasteiger partial charge is 0.379 e. The van der Waals surface area contributed by atoms with Gasteiger partial charge in [0.25, 0.3) is 0 Å². The van der Waals surface area contributed by atoms with Crippen LogP contribution in [0, 0.1) is 6.92 Å². The summed E-state index contributed by atoms with van der Waals surface area (Å²) < 4.78 is 6.67. The average Bonchev–Trinajstić information content (AvgIpc) is 2.42. The van der Waals surface area contributed by atoms with Crippen LogP contribution in [-0.4, -0.2) is 13.2 Å². The lowest BCUT2D eigenvalue weighted by molar-refractivity contribution is -0.0383. The Morgan fingerprint density at radius 2 is 1.85 bits per heavy atom. The number of benzene rings is 2. The lowest BCUT2D eigenvalue weighted by Crippen LogP contribution is -2.48. The maximum Gasteiger partial charge on any atom is 0.0672 e. The Morgan fingerprint density at radius 1 is 1.15 bits per heavy atom. The van der Waals surface area contributed by atoms with E-state index in [0.29, 0.717) is 6.54 Å². The summed E-state index contributed by atoms with van der Waals surface area (Å²) in [6.45, 7) is 4.23. The molecule has 1 saturated heterocycles. The molecule has 3 rings (SSSR count). The van der Waals surface area contributed by atoms with Crippen LogP contribution in [0.2, 0.25) is 0 Å². The van der Waals surface area contributed by atoms with Crippen LogP contribution in [0.5, 0.6) is 0 Å². The fourth-order valence-corrected chi connectivity index (χ4v) is 3.21. The molecule has 1 fully saturated rings. The molecule has 0 amide bonds. The minimum Gasteiger partial charge on any atom is -0.379 e. The zero-order chi connectivity index (χ0) is 14.2. The monoisotopic (exact) mass is 331 g/mol. The van der Waals surface area contributed by atoms with Crippen LogP contribution in [-0.2, 0) is 16.7 Å². The van der Waals surface area contributed by atoms with Crippen LogP contribution in [0.15, 0.2) is 46.9 Å². The van der Waals surface area contributed by atoms with Gasteiger partial charge in [0.2, 0.25) is 0 Å². The van der Waals surface area contributed by atoms with E-state index in [9.17, 15) is 0 Å². The van der Waals surface area contributed by atoms with Crippen molar-refractivity contribution in [3.05, 3.63) is 69.2 Å². The van der Waals surface area contributed by atoms with Crippen molar-refractivity contribution in [3.8, 4) is 0 Å². The van der Waals surface area contributed by atoms with Crippen molar-refractivity contribution in [2.75, 3.05) is 13.2 Å². The average molecular weight is 332 g/mol. The van der Waals surface area contributed by atoms with Gasteiger partial charge in [0.15, 0.2) is 0 Å². The van der Waals surface area contributed by atoms with Crippen LogP contribution in [0.4, 0.5) is 0 Å². The van der Waals surface area contributed by atoms with Crippen molar-refractivity contribution < 1.29 is 4.74 Å². The summed E-state index contributed by atoms with van der Waals surface area (Å²) in [4.78, 5) is 0. The Labute approximate surface area is 128 Å². The Hall–Kier alpha value is -1.16. The van der Waals surface area contributed by atoms with E-state index in [0.717, 1.165) is 23.2 Å². The first-order chi connectivity index (χ1) is 9.65. The molecule has 0 spiro atoms. The van der Waals surface area contributed by atoms with E-state index in [1.807, 2.05) is 0 Å². The molecule has 0 aromatic heterocycles. The second-order valence-corrected chi connectivity index (χ2v) is 6.35. The van der Waals surface area contributed by atoms with Gasteiger partial charge in [-0.3, -0.25) is 0 Å². The zero-order valence-electron chi connectivity index (χ0n) is 11.5. The second kappa shape index (κ2) is 5.32. The van der Waals surface area contributed by atoms with Crippen molar-refractivity contribution in [1.82, 2.24) is 0 Å². The molecule has 1 aliphatic rings. The Bertz CT molecular complexity index is 617. The molecule has 1 heterocycles. The third-order valence-corrected chi connectivity index (χ3v) is 4.65. The number of hydrogen-bond acceptors (Lipinski definition) is 2. The van der Waals surface area contributed by atoms with Gasteiger partial charge in [-0.1, -0.05) is 46.3 Å². The molecular formula is C17H18BrNO. The molecule has 0 aliphatic carbocycles. The highest BCUT2D eigenvalue weighted by Crippen LogP contribution is 2.41. The minimum atomic E-state index is -0.0129. The molecule has 2 nitrogen and oxygen atoms in total. The minimum absolute atomic E-state index is 0.0129. The standard InChI is InChI=1S/C17H18BrNO/c1-12-2-7-15(18)8-16(12)17(10-20-11-17)14-5-3-13(9-19)4-6-14/h2-8H,9-11,19H2,1H3. The predicted molar refractivity (Wildman–Crippen MR) is 84.8 cm³/mol. The molecule has 104 valence electrons. The van der Waals surface area contributed by atoms with Gasteiger partial charge in [-0.05, 0) is 41.3 Å². The van der Waals surface area contributed by atoms with E-state index in [4.69, 9.17) is 10.5 Å². The molecule has 0 radical (unpaired) electrons. The number of hydrogen-bond donors (Lipinski definition) is 1. The summed E-state index contributed by atoms with van der Waals surface area (Å²) in [6.07, 6.45) is 0. The van der Waals surface area contributed by atoms with Crippen LogP contribution in [0.25, 0.3) is 0 Å². The summed E-state index contributed by atoms with van der Waals surface area (Å²) in [5.41, 5.74) is 10.8. The Balaban J connectivity index is 2.08. The van der Waals surface area contributed by atoms with Gasteiger partial charge in [0, 0.05) is 11.0 Å². The molecular weight excluding hydrogens is 314 g/mol. The molecule has 0 bridgehead atoms. The maximum absolute atomic E-state index is 5.68. The van der Waals surface area contributed by atoms with Crippen LogP contribution in [0.1, 0.15) is 22.3 Å². The smallest absolute Gasteiger partial charge is 0.0672 e. The molecule has 3 heteroatoms. The van der Waals surface area contributed by atoms with Gasteiger partial charge in [-0.15, -0.1) is 0 Å². The second-order valence-electron chi connectivity index (χ2n) is 5.44. The SMILES string of the molecule is Cc1ccc(Br)cc1C1(c2ccc(CN)cc2)COC1. The maximum atomic E-state index is 5.68. The first-order valence-corrected chi connectivity index (χ1v) is 7.59. The lowest BCUT2D eigenvalue weighted by atomic mass is 9.71. The molecule has 0 atom stereocenters. The highest BCUT2D eigenvalue weighted by molar-refractivity contribution is 9.10. The number of rotatable bonds is 3. The summed E-state index contributed by atoms with van der Waals surface area (Å²) in [5.74, 6) is 0. The number of aryl methyl sites for hydroxylation is 1. The highest BCUT2D eigenvalue weighted by Gasteiger charge is 2.42. The van der Waals surface area contributed by atoms with Crippen molar-refractivity contribution in [3.63, 3.8) is 0 Å². The van der Waals surface area contributed by atoms with Gasteiger partial charge in [-0.25, -0.2) is 0 Å². The molecule has 2 aromatic carbocycles. The molecule has 2 aromatic rings. The summed E-state index contributed by atoms with van der Waals surface area (Å²) in [6, 6.07) is 15.1. The Kier molecular flexibility index (Phi) is 3.67. The van der Waals surface area contributed by atoms with E-state index in [2.05, 4.69) is 65.3 Å². The number of ether oxygens (including phenoxy) is 1. The fourth-order valence-electron chi connectivity index (χ4n) is 2.85. The van der Waals surface area contributed by atoms with Crippen molar-refractivity contribution in [1.29, 1.82) is 0 Å². The molecule has 0 saturated carbocycles. The first-order valence-electron chi connectivity index (χ1n) is 6.79. The van der Waals surface area contributed by atoms with Crippen LogP contribution in [0.3, 0.4) is 0 Å². The van der Waals surface area contributed by atoms with Crippen molar-refractivity contribution in [2.24, 2.45) is 5.73 Å². The number of halogens is 1. The highest BCUT2D eigenvalue weighted by atomic mass is 79.9. The third kappa shape index (κ3) is 2.20. The van der Waals surface area contributed by atoms with E-state index in [-0.39, 0.29) is 5.41 Å². The summed E-state index contributed by atoms with van der Waals surface area (Å²) >= 11 is 3.58. The third-order valence-electron chi connectivity index (χ3n) is 4.15. The molecule has 0 unspecified atom stereocenters. The van der Waals surface area contributed by atoms with E-state index < -0.39 is 0 Å². The molecule has 2 N–H and O–H groups in total. The van der Waals surface area contributed by atoms with Crippen molar-refractivity contribution in [2.45, 2.75) is 18.9 Å². The van der Waals surface area contributed by atoms with Gasteiger partial charge < -0.3 is 10.5 Å². The van der Waals surface area contributed by atoms with E-state index in [1.54, 1.807) is 0 Å². The topological polar surface area (TPSA) is 35.2 Å². The number of nitrogens with two attached hydrogens (primary N) is 1. The summed E-state index contributed by atoms with van der Waals surface area (Å²) in [5, 5.41) is 0. The lowest BCUT2D eigenvalue weighted by Gasteiger charge is -2.43. The quantitative estimate of drug-likeness (QED) is 0.933. The van der Waals surface area contributed by atoms with Crippen LogP contribution < -0.4 is 5.73 Å². The zero-order valence-corrected chi connectivity index (χ0v) is 13.1. The predicted octanol–water partition coefficient (Wildman–Crippen LogP) is 3.53. The van der Waals surface area contributed by atoms with Gasteiger partial charge in [-0.2, -0.15) is 0 Å². The van der Waals surface area contributed by atoms with Crippen LogP contribution >= 0.6 is 15.9 Å². The molecule has 1 aliphatic heterocycles.